The van der Waals surface area contributed by atoms with Gasteiger partial charge in [0.05, 0.1) is 12.0 Å². The second kappa shape index (κ2) is 5.59. The first-order valence-electron chi connectivity index (χ1n) is 5.93. The number of aliphatic hydroxyl groups is 1. The largest absolute Gasteiger partial charge is 0.481 e. The van der Waals surface area contributed by atoms with Crippen molar-refractivity contribution in [3.8, 4) is 0 Å². The molecule has 0 saturated carbocycles. The van der Waals surface area contributed by atoms with Gasteiger partial charge >= 0.3 is 5.97 Å². The molecule has 0 amide bonds. The second-order valence-electron chi connectivity index (χ2n) is 4.43. The van der Waals surface area contributed by atoms with E-state index in [0.29, 0.717) is 0 Å². The number of thioether (sulfide) groups is 1. The van der Waals surface area contributed by atoms with Crippen molar-refractivity contribution in [2.24, 2.45) is 0 Å². The lowest BCUT2D eigenvalue weighted by Crippen LogP contribution is -2.07. The van der Waals surface area contributed by atoms with E-state index in [1.165, 1.54) is 0 Å². The quantitative estimate of drug-likeness (QED) is 0.881. The van der Waals surface area contributed by atoms with Crippen LogP contribution in [-0.4, -0.2) is 28.0 Å². The van der Waals surface area contributed by atoms with Crippen LogP contribution in [0, 0.1) is 0 Å². The zero-order chi connectivity index (χ0) is 13.1. The van der Waals surface area contributed by atoms with Gasteiger partial charge in [-0.3, -0.25) is 4.79 Å². The number of hydrogen-bond donors (Lipinski definition) is 2. The Morgan fingerprint density at radius 3 is 2.61 bits per heavy atom. The van der Waals surface area contributed by atoms with E-state index < -0.39 is 11.9 Å². The van der Waals surface area contributed by atoms with Crippen molar-refractivity contribution in [3.05, 3.63) is 40.3 Å². The number of aliphatic carboxylic acids is 1. The van der Waals surface area contributed by atoms with Crippen molar-refractivity contribution < 1.29 is 15.0 Å². The Balaban J connectivity index is 2.15. The SMILES string of the molecule is CC(C(=O)O)c1ccc(C=C2SCCC2O)cc1. The number of carbonyl (C=O) groups is 1. The Labute approximate surface area is 111 Å². The van der Waals surface area contributed by atoms with E-state index in [9.17, 15) is 9.90 Å². The first-order valence-corrected chi connectivity index (χ1v) is 6.91. The van der Waals surface area contributed by atoms with E-state index in [4.69, 9.17) is 5.11 Å². The van der Waals surface area contributed by atoms with Crippen molar-refractivity contribution in [1.29, 1.82) is 0 Å². The van der Waals surface area contributed by atoms with Crippen LogP contribution in [0.15, 0.2) is 29.2 Å². The fraction of sp³-hybridized carbons (Fsp3) is 0.357. The summed E-state index contributed by atoms with van der Waals surface area (Å²) in [6.45, 7) is 1.67. The number of hydrogen-bond acceptors (Lipinski definition) is 3. The molecule has 4 heteroatoms. The predicted molar refractivity (Wildman–Crippen MR) is 73.6 cm³/mol. The highest BCUT2D eigenvalue weighted by molar-refractivity contribution is 8.03. The van der Waals surface area contributed by atoms with Gasteiger partial charge in [0.25, 0.3) is 0 Å². The number of carboxylic acid groups (broad SMARTS) is 1. The highest BCUT2D eigenvalue weighted by Gasteiger charge is 2.18. The summed E-state index contributed by atoms with van der Waals surface area (Å²) >= 11 is 1.68. The molecule has 3 nitrogen and oxygen atoms in total. The van der Waals surface area contributed by atoms with Crippen molar-refractivity contribution >= 4 is 23.8 Å². The third-order valence-electron chi connectivity index (χ3n) is 3.10. The lowest BCUT2D eigenvalue weighted by Gasteiger charge is -2.07. The number of benzene rings is 1. The minimum Gasteiger partial charge on any atom is -0.481 e. The van der Waals surface area contributed by atoms with Crippen LogP contribution in [0.3, 0.4) is 0 Å². The van der Waals surface area contributed by atoms with Gasteiger partial charge in [-0.2, -0.15) is 0 Å². The molecule has 1 aromatic rings. The molecule has 1 aliphatic rings. The smallest absolute Gasteiger partial charge is 0.310 e. The summed E-state index contributed by atoms with van der Waals surface area (Å²) in [7, 11) is 0. The molecule has 1 heterocycles. The van der Waals surface area contributed by atoms with Gasteiger partial charge in [0, 0.05) is 10.7 Å². The molecule has 18 heavy (non-hydrogen) atoms. The van der Waals surface area contributed by atoms with Crippen molar-refractivity contribution in [2.45, 2.75) is 25.4 Å². The first-order chi connectivity index (χ1) is 8.58. The topological polar surface area (TPSA) is 57.5 Å². The van der Waals surface area contributed by atoms with Crippen LogP contribution in [0.4, 0.5) is 0 Å². The van der Waals surface area contributed by atoms with Gasteiger partial charge in [-0.25, -0.2) is 0 Å². The molecular weight excluding hydrogens is 248 g/mol. The minimum atomic E-state index is -0.817. The fourth-order valence-electron chi connectivity index (χ4n) is 1.85. The van der Waals surface area contributed by atoms with Crippen molar-refractivity contribution in [1.82, 2.24) is 0 Å². The first kappa shape index (κ1) is 13.2. The molecule has 0 aromatic heterocycles. The van der Waals surface area contributed by atoms with Crippen molar-refractivity contribution in [3.63, 3.8) is 0 Å². The monoisotopic (exact) mass is 264 g/mol. The van der Waals surface area contributed by atoms with E-state index in [2.05, 4.69) is 0 Å². The third-order valence-corrected chi connectivity index (χ3v) is 4.27. The molecule has 1 fully saturated rings. The third kappa shape index (κ3) is 2.94. The summed E-state index contributed by atoms with van der Waals surface area (Å²) in [5, 5.41) is 18.6. The number of aliphatic hydroxyl groups excluding tert-OH is 1. The molecule has 0 aliphatic carbocycles. The summed E-state index contributed by atoms with van der Waals surface area (Å²) in [6, 6.07) is 7.45. The van der Waals surface area contributed by atoms with Gasteiger partial charge < -0.3 is 10.2 Å². The molecule has 1 aliphatic heterocycles. The van der Waals surface area contributed by atoms with Crippen LogP contribution >= 0.6 is 11.8 Å². The van der Waals surface area contributed by atoms with Gasteiger partial charge in [0.2, 0.25) is 0 Å². The van der Waals surface area contributed by atoms with Gasteiger partial charge in [-0.1, -0.05) is 24.3 Å². The van der Waals surface area contributed by atoms with Gasteiger partial charge in [0.1, 0.15) is 0 Å². The maximum absolute atomic E-state index is 10.9. The Morgan fingerprint density at radius 1 is 1.44 bits per heavy atom. The molecule has 2 unspecified atom stereocenters. The molecule has 1 saturated heterocycles. The van der Waals surface area contributed by atoms with Crippen LogP contribution in [0.5, 0.6) is 0 Å². The average molecular weight is 264 g/mol. The Morgan fingerprint density at radius 2 is 2.11 bits per heavy atom. The van der Waals surface area contributed by atoms with E-state index in [-0.39, 0.29) is 6.10 Å². The highest BCUT2D eigenvalue weighted by atomic mass is 32.2. The molecule has 1 aromatic carbocycles. The van der Waals surface area contributed by atoms with Crippen LogP contribution in [0.25, 0.3) is 6.08 Å². The summed E-state index contributed by atoms with van der Waals surface area (Å²) in [6.07, 6.45) is 2.44. The van der Waals surface area contributed by atoms with E-state index in [1.54, 1.807) is 18.7 Å². The fourth-order valence-corrected chi connectivity index (χ4v) is 2.96. The Kier molecular flexibility index (Phi) is 4.09. The average Bonchev–Trinajstić information content (AvgIpc) is 2.75. The summed E-state index contributed by atoms with van der Waals surface area (Å²) in [4.78, 5) is 11.9. The molecular formula is C14H16O3S. The molecule has 0 spiro atoms. The molecule has 2 rings (SSSR count). The van der Waals surface area contributed by atoms with Crippen LogP contribution < -0.4 is 0 Å². The molecule has 0 radical (unpaired) electrons. The molecule has 0 bridgehead atoms. The predicted octanol–water partition coefficient (Wildman–Crippen LogP) is 2.71. The Hall–Kier alpha value is -1.26. The maximum Gasteiger partial charge on any atom is 0.310 e. The van der Waals surface area contributed by atoms with E-state index in [0.717, 1.165) is 28.2 Å². The van der Waals surface area contributed by atoms with Crippen molar-refractivity contribution in [2.75, 3.05) is 5.75 Å². The maximum atomic E-state index is 10.9. The number of rotatable bonds is 3. The molecule has 2 atom stereocenters. The molecule has 2 N–H and O–H groups in total. The second-order valence-corrected chi connectivity index (χ2v) is 5.59. The van der Waals surface area contributed by atoms with Gasteiger partial charge in [0.15, 0.2) is 0 Å². The summed E-state index contributed by atoms with van der Waals surface area (Å²) in [5.74, 6) is -0.345. The normalized spacial score (nSPS) is 23.2. The molecule has 96 valence electrons. The zero-order valence-corrected chi connectivity index (χ0v) is 11.0. The standard InChI is InChI=1S/C14H16O3S/c1-9(14(16)17)11-4-2-10(3-5-11)8-13-12(15)6-7-18-13/h2-5,8-9,12,15H,6-7H2,1H3,(H,16,17). The van der Waals surface area contributed by atoms with Gasteiger partial charge in [-0.15, -0.1) is 11.8 Å². The number of carboxylic acids is 1. The highest BCUT2D eigenvalue weighted by Crippen LogP contribution is 2.32. The van der Waals surface area contributed by atoms with Crippen LogP contribution in [-0.2, 0) is 4.79 Å². The summed E-state index contributed by atoms with van der Waals surface area (Å²) < 4.78 is 0. The van der Waals surface area contributed by atoms with Crippen LogP contribution in [0.2, 0.25) is 0 Å². The van der Waals surface area contributed by atoms with E-state index >= 15 is 0 Å². The minimum absolute atomic E-state index is 0.340. The lowest BCUT2D eigenvalue weighted by molar-refractivity contribution is -0.138. The lowest BCUT2D eigenvalue weighted by atomic mass is 10.00. The Bertz CT molecular complexity index is 464. The zero-order valence-electron chi connectivity index (χ0n) is 10.2. The van der Waals surface area contributed by atoms with Gasteiger partial charge in [-0.05, 0) is 30.5 Å². The summed E-state index contributed by atoms with van der Waals surface area (Å²) in [5.41, 5.74) is 1.80. The van der Waals surface area contributed by atoms with E-state index in [1.807, 2.05) is 30.3 Å². The van der Waals surface area contributed by atoms with Crippen LogP contribution in [0.1, 0.15) is 30.4 Å².